The Labute approximate surface area is 131 Å². The Morgan fingerprint density at radius 3 is 2.57 bits per heavy atom. The van der Waals surface area contributed by atoms with Gasteiger partial charge in [0, 0.05) is 10.6 Å². The van der Waals surface area contributed by atoms with Gasteiger partial charge in [0.25, 0.3) is 0 Å². The van der Waals surface area contributed by atoms with E-state index in [4.69, 9.17) is 21.1 Å². The Morgan fingerprint density at radius 1 is 1.38 bits per heavy atom. The van der Waals surface area contributed by atoms with Crippen LogP contribution in [0.4, 0.5) is 0 Å². The van der Waals surface area contributed by atoms with Gasteiger partial charge in [0.1, 0.15) is 12.4 Å². The fraction of sp³-hybridized carbons (Fsp3) is 0.471. The number of methoxy groups -OCH3 is 1. The molecule has 0 fully saturated rings. The topological polar surface area (TPSA) is 35.5 Å². The lowest BCUT2D eigenvalue weighted by molar-refractivity contribution is -0.136. The molecule has 0 aromatic heterocycles. The highest BCUT2D eigenvalue weighted by molar-refractivity contribution is 6.31. The molecule has 0 spiro atoms. The Kier molecular flexibility index (Phi) is 6.76. The quantitative estimate of drug-likeness (QED) is 0.566. The van der Waals surface area contributed by atoms with Crippen molar-refractivity contribution in [3.8, 4) is 5.75 Å². The SMILES string of the molecule is CCC(=CCOc1cc(C)c(Cl)cc1C(C)C)C(=O)OC. The fourth-order valence-electron chi connectivity index (χ4n) is 1.98. The molecule has 0 atom stereocenters. The van der Waals surface area contributed by atoms with Gasteiger partial charge in [-0.15, -0.1) is 0 Å². The summed E-state index contributed by atoms with van der Waals surface area (Å²) in [4.78, 5) is 11.5. The minimum atomic E-state index is -0.308. The van der Waals surface area contributed by atoms with Gasteiger partial charge in [0.05, 0.1) is 7.11 Å². The number of carbonyl (C=O) groups excluding carboxylic acids is 1. The summed E-state index contributed by atoms with van der Waals surface area (Å²) < 4.78 is 10.5. The zero-order chi connectivity index (χ0) is 16.0. The second-order valence-electron chi connectivity index (χ2n) is 5.18. The predicted molar refractivity (Wildman–Crippen MR) is 86.2 cm³/mol. The number of halogens is 1. The van der Waals surface area contributed by atoms with Gasteiger partial charge in [-0.25, -0.2) is 4.79 Å². The highest BCUT2D eigenvalue weighted by Crippen LogP contribution is 2.32. The highest BCUT2D eigenvalue weighted by atomic mass is 35.5. The second-order valence-corrected chi connectivity index (χ2v) is 5.59. The van der Waals surface area contributed by atoms with Crippen LogP contribution in [0.1, 0.15) is 44.2 Å². The van der Waals surface area contributed by atoms with Crippen molar-refractivity contribution in [2.24, 2.45) is 0 Å². The number of aryl methyl sites for hydroxylation is 1. The van der Waals surface area contributed by atoms with Crippen LogP contribution in [0.15, 0.2) is 23.8 Å². The van der Waals surface area contributed by atoms with Crippen LogP contribution in [-0.4, -0.2) is 19.7 Å². The summed E-state index contributed by atoms with van der Waals surface area (Å²) in [5, 5.41) is 0.741. The molecule has 116 valence electrons. The summed E-state index contributed by atoms with van der Waals surface area (Å²) in [6, 6.07) is 3.89. The molecular formula is C17H23ClO3. The number of hydrogen-bond acceptors (Lipinski definition) is 3. The Hall–Kier alpha value is -1.48. The molecule has 21 heavy (non-hydrogen) atoms. The minimum Gasteiger partial charge on any atom is -0.489 e. The zero-order valence-corrected chi connectivity index (χ0v) is 14.1. The number of benzene rings is 1. The van der Waals surface area contributed by atoms with Gasteiger partial charge < -0.3 is 9.47 Å². The van der Waals surface area contributed by atoms with Gasteiger partial charge in [0.2, 0.25) is 0 Å². The largest absolute Gasteiger partial charge is 0.489 e. The molecule has 0 amide bonds. The van der Waals surface area contributed by atoms with Crippen LogP contribution >= 0.6 is 11.6 Å². The lowest BCUT2D eigenvalue weighted by Crippen LogP contribution is -2.07. The van der Waals surface area contributed by atoms with Crippen LogP contribution in [0, 0.1) is 6.92 Å². The van der Waals surface area contributed by atoms with Crippen molar-refractivity contribution in [1.82, 2.24) is 0 Å². The lowest BCUT2D eigenvalue weighted by atomic mass is 10.0. The molecule has 0 radical (unpaired) electrons. The van der Waals surface area contributed by atoms with E-state index < -0.39 is 0 Å². The van der Waals surface area contributed by atoms with Crippen LogP contribution in [-0.2, 0) is 9.53 Å². The molecule has 0 aliphatic rings. The fourth-order valence-corrected chi connectivity index (χ4v) is 2.15. The van der Waals surface area contributed by atoms with Crippen molar-refractivity contribution in [1.29, 1.82) is 0 Å². The normalized spacial score (nSPS) is 11.7. The van der Waals surface area contributed by atoms with Crippen LogP contribution in [0.2, 0.25) is 5.02 Å². The number of rotatable bonds is 6. The first-order valence-corrected chi connectivity index (χ1v) is 7.48. The zero-order valence-electron chi connectivity index (χ0n) is 13.3. The highest BCUT2D eigenvalue weighted by Gasteiger charge is 2.11. The molecule has 0 N–H and O–H groups in total. The monoisotopic (exact) mass is 310 g/mol. The van der Waals surface area contributed by atoms with Crippen LogP contribution in [0.5, 0.6) is 5.75 Å². The Bertz CT molecular complexity index is 533. The summed E-state index contributed by atoms with van der Waals surface area (Å²) in [5.74, 6) is 0.814. The molecule has 0 saturated heterocycles. The predicted octanol–water partition coefficient (Wildman–Crippen LogP) is 4.66. The molecule has 0 aliphatic carbocycles. The molecule has 0 aliphatic heterocycles. The first-order chi connectivity index (χ1) is 9.90. The van der Waals surface area contributed by atoms with E-state index in [0.717, 1.165) is 21.9 Å². The molecule has 0 unspecified atom stereocenters. The van der Waals surface area contributed by atoms with Crippen molar-refractivity contribution < 1.29 is 14.3 Å². The Balaban J connectivity index is 2.91. The molecule has 3 nitrogen and oxygen atoms in total. The van der Waals surface area contributed by atoms with E-state index >= 15 is 0 Å². The minimum absolute atomic E-state index is 0.308. The van der Waals surface area contributed by atoms with Gasteiger partial charge in [-0.1, -0.05) is 32.4 Å². The summed E-state index contributed by atoms with van der Waals surface area (Å²) in [7, 11) is 1.38. The number of ether oxygens (including phenoxy) is 2. The molecule has 1 aromatic rings. The smallest absolute Gasteiger partial charge is 0.333 e. The first kappa shape index (κ1) is 17.6. The van der Waals surface area contributed by atoms with Crippen LogP contribution in [0.25, 0.3) is 0 Å². The number of esters is 1. The standard InChI is InChI=1S/C17H23ClO3/c1-6-13(17(19)20-5)7-8-21-16-9-12(4)15(18)10-14(16)11(2)3/h7,9-11H,6,8H2,1-5H3. The summed E-state index contributed by atoms with van der Waals surface area (Å²) >= 11 is 6.17. The van der Waals surface area contributed by atoms with Crippen LogP contribution < -0.4 is 4.74 Å². The summed E-state index contributed by atoms with van der Waals surface area (Å²) in [5.41, 5.74) is 2.66. The molecule has 1 aromatic carbocycles. The summed E-state index contributed by atoms with van der Waals surface area (Å²) in [6.45, 7) is 8.38. The molecule has 0 saturated carbocycles. The van der Waals surface area contributed by atoms with E-state index in [1.165, 1.54) is 7.11 Å². The van der Waals surface area contributed by atoms with Crippen LogP contribution in [0.3, 0.4) is 0 Å². The average Bonchev–Trinajstić information content (AvgIpc) is 2.45. The van der Waals surface area contributed by atoms with Gasteiger partial charge in [-0.05, 0) is 48.6 Å². The van der Waals surface area contributed by atoms with Gasteiger partial charge in [0.15, 0.2) is 0 Å². The molecule has 0 bridgehead atoms. The van der Waals surface area contributed by atoms with E-state index in [9.17, 15) is 4.79 Å². The third-order valence-corrected chi connectivity index (χ3v) is 3.72. The van der Waals surface area contributed by atoms with Crippen molar-refractivity contribution in [3.05, 3.63) is 39.9 Å². The van der Waals surface area contributed by atoms with Gasteiger partial charge in [-0.3, -0.25) is 0 Å². The van der Waals surface area contributed by atoms with E-state index in [1.54, 1.807) is 6.08 Å². The third-order valence-electron chi connectivity index (χ3n) is 3.31. The molecule has 1 rings (SSSR count). The maximum atomic E-state index is 11.5. The van der Waals surface area contributed by atoms with Gasteiger partial charge >= 0.3 is 5.97 Å². The molecule has 0 heterocycles. The molecule has 4 heteroatoms. The lowest BCUT2D eigenvalue weighted by Gasteiger charge is -2.15. The van der Waals surface area contributed by atoms with E-state index in [1.807, 2.05) is 26.0 Å². The maximum Gasteiger partial charge on any atom is 0.333 e. The molecular weight excluding hydrogens is 288 g/mol. The maximum absolute atomic E-state index is 11.5. The van der Waals surface area contributed by atoms with E-state index in [2.05, 4.69) is 13.8 Å². The number of carbonyl (C=O) groups is 1. The van der Waals surface area contributed by atoms with Crippen molar-refractivity contribution in [2.45, 2.75) is 40.0 Å². The number of hydrogen-bond donors (Lipinski definition) is 0. The van der Waals surface area contributed by atoms with Crippen molar-refractivity contribution >= 4 is 17.6 Å². The second kappa shape index (κ2) is 8.08. The first-order valence-electron chi connectivity index (χ1n) is 7.10. The summed E-state index contributed by atoms with van der Waals surface area (Å²) in [6.07, 6.45) is 2.38. The Morgan fingerprint density at radius 2 is 2.05 bits per heavy atom. The van der Waals surface area contributed by atoms with Crippen molar-refractivity contribution in [3.63, 3.8) is 0 Å². The van der Waals surface area contributed by atoms with Gasteiger partial charge in [-0.2, -0.15) is 0 Å². The third kappa shape index (κ3) is 4.78. The van der Waals surface area contributed by atoms with Crippen molar-refractivity contribution in [2.75, 3.05) is 13.7 Å². The van der Waals surface area contributed by atoms with E-state index in [0.29, 0.717) is 24.5 Å². The van der Waals surface area contributed by atoms with E-state index in [-0.39, 0.29) is 5.97 Å². The average molecular weight is 311 g/mol.